The molecule has 0 N–H and O–H groups in total. The molecule has 0 radical (unpaired) electrons. The highest BCUT2D eigenvalue weighted by molar-refractivity contribution is 6.00. The molecule has 1 aromatic carbocycles. The highest BCUT2D eigenvalue weighted by atomic mass is 19.4. The molecule has 1 aliphatic rings. The summed E-state index contributed by atoms with van der Waals surface area (Å²) in [4.78, 5) is 13.0. The second-order valence-corrected chi connectivity index (χ2v) is 4.67. The average Bonchev–Trinajstić information content (AvgIpc) is 2.47. The summed E-state index contributed by atoms with van der Waals surface area (Å²) >= 11 is 0. The van der Waals surface area contributed by atoms with Crippen LogP contribution in [0.15, 0.2) is 42.1 Å². The molecule has 3 nitrogen and oxygen atoms in total. The van der Waals surface area contributed by atoms with Crippen molar-refractivity contribution in [1.29, 1.82) is 0 Å². The molecule has 6 heteroatoms. The van der Waals surface area contributed by atoms with E-state index in [1.165, 1.54) is 6.20 Å². The fourth-order valence-corrected chi connectivity index (χ4v) is 2.28. The molecule has 1 aliphatic heterocycles. The molecule has 0 aromatic heterocycles. The summed E-state index contributed by atoms with van der Waals surface area (Å²) < 4.78 is 43.3. The number of carbonyl (C=O) groups excluding carboxylic acids is 1. The predicted molar refractivity (Wildman–Crippen MR) is 72.7 cm³/mol. The van der Waals surface area contributed by atoms with Crippen LogP contribution >= 0.6 is 0 Å². The molecule has 2 rings (SSSR count). The number of nitrogens with zero attached hydrogens (tertiary/aromatic N) is 1. The zero-order valence-corrected chi connectivity index (χ0v) is 11.6. The van der Waals surface area contributed by atoms with E-state index < -0.39 is 12.0 Å². The summed E-state index contributed by atoms with van der Waals surface area (Å²) in [6, 6.07) is 8.92. The number of anilines is 1. The van der Waals surface area contributed by atoms with Crippen molar-refractivity contribution >= 4 is 11.5 Å². The van der Waals surface area contributed by atoms with Crippen LogP contribution in [0, 0.1) is 0 Å². The van der Waals surface area contributed by atoms with Crippen LogP contribution in [0.2, 0.25) is 0 Å². The van der Waals surface area contributed by atoms with Gasteiger partial charge in [0, 0.05) is 24.1 Å². The first-order valence-electron chi connectivity index (χ1n) is 6.70. The van der Waals surface area contributed by atoms with E-state index in [1.54, 1.807) is 29.2 Å². The second-order valence-electron chi connectivity index (χ2n) is 4.67. The van der Waals surface area contributed by atoms with E-state index in [0.717, 1.165) is 0 Å². The Morgan fingerprint density at radius 3 is 2.57 bits per heavy atom. The fraction of sp³-hybridized carbons (Fsp3) is 0.400. The van der Waals surface area contributed by atoms with Gasteiger partial charge in [0.15, 0.2) is 0 Å². The van der Waals surface area contributed by atoms with Gasteiger partial charge in [-0.25, -0.2) is 0 Å². The zero-order valence-electron chi connectivity index (χ0n) is 11.6. The van der Waals surface area contributed by atoms with Crippen molar-refractivity contribution in [3.05, 3.63) is 42.1 Å². The molecule has 0 amide bonds. The molecule has 0 fully saturated rings. The van der Waals surface area contributed by atoms with E-state index in [-0.39, 0.29) is 18.2 Å². The molecule has 1 atom stereocenters. The number of rotatable bonds is 4. The number of hydrogen-bond donors (Lipinski definition) is 0. The summed E-state index contributed by atoms with van der Waals surface area (Å²) in [5.41, 5.74) is 0.463. The van der Waals surface area contributed by atoms with Gasteiger partial charge >= 0.3 is 6.18 Å². The smallest absolute Gasteiger partial charge is 0.358 e. The fourth-order valence-electron chi connectivity index (χ4n) is 2.28. The van der Waals surface area contributed by atoms with Crippen LogP contribution in [-0.2, 0) is 9.53 Å². The van der Waals surface area contributed by atoms with Crippen molar-refractivity contribution in [3.63, 3.8) is 0 Å². The molecule has 0 spiro atoms. The van der Waals surface area contributed by atoms with E-state index in [9.17, 15) is 18.0 Å². The Bertz CT molecular complexity index is 525. The van der Waals surface area contributed by atoms with Crippen LogP contribution < -0.4 is 4.90 Å². The third kappa shape index (κ3) is 3.64. The third-order valence-electron chi connectivity index (χ3n) is 3.23. The number of Topliss-reactive ketones (excluding diaryl/α,β-unsaturated/α-hetero) is 1. The number of para-hydroxylation sites is 1. The Morgan fingerprint density at radius 2 is 2.00 bits per heavy atom. The molecule has 0 saturated carbocycles. The molecule has 1 unspecified atom stereocenters. The van der Waals surface area contributed by atoms with Gasteiger partial charge in [-0.05, 0) is 31.9 Å². The number of benzene rings is 1. The number of ketones is 1. The first-order chi connectivity index (χ1) is 9.93. The normalized spacial score (nSPS) is 19.3. The van der Waals surface area contributed by atoms with E-state index in [4.69, 9.17) is 4.74 Å². The van der Waals surface area contributed by atoms with Crippen molar-refractivity contribution in [2.45, 2.75) is 32.2 Å². The maximum Gasteiger partial charge on any atom is 0.454 e. The van der Waals surface area contributed by atoms with Gasteiger partial charge < -0.3 is 9.64 Å². The summed E-state index contributed by atoms with van der Waals surface area (Å²) in [6.45, 7) is 2.27. The summed E-state index contributed by atoms with van der Waals surface area (Å²) in [7, 11) is 0. The lowest BCUT2D eigenvalue weighted by atomic mass is 10.0. The second kappa shape index (κ2) is 6.30. The lowest BCUT2D eigenvalue weighted by Gasteiger charge is -2.34. The van der Waals surface area contributed by atoms with Crippen LogP contribution in [0.25, 0.3) is 0 Å². The van der Waals surface area contributed by atoms with Gasteiger partial charge in [-0.1, -0.05) is 18.2 Å². The molecular formula is C15H16F3NO2. The van der Waals surface area contributed by atoms with Crippen LogP contribution in [0.5, 0.6) is 0 Å². The molecule has 0 saturated heterocycles. The number of carbonyl (C=O) groups is 1. The molecule has 114 valence electrons. The van der Waals surface area contributed by atoms with E-state index >= 15 is 0 Å². The molecule has 21 heavy (non-hydrogen) atoms. The minimum atomic E-state index is -4.84. The highest BCUT2D eigenvalue weighted by Gasteiger charge is 2.42. The first kappa shape index (κ1) is 15.6. The van der Waals surface area contributed by atoms with Crippen molar-refractivity contribution in [3.8, 4) is 0 Å². The lowest BCUT2D eigenvalue weighted by molar-refractivity contribution is -0.166. The maximum absolute atomic E-state index is 12.6. The summed E-state index contributed by atoms with van der Waals surface area (Å²) in [6.07, 6.45) is -3.54. The predicted octanol–water partition coefficient (Wildman–Crippen LogP) is 3.66. The van der Waals surface area contributed by atoms with Gasteiger partial charge in [-0.3, -0.25) is 4.79 Å². The molecular weight excluding hydrogens is 283 g/mol. The minimum absolute atomic E-state index is 0.0618. The number of hydrogen-bond acceptors (Lipinski definition) is 3. The summed E-state index contributed by atoms with van der Waals surface area (Å²) in [5.74, 6) is -1.78. The first-order valence-corrected chi connectivity index (χ1v) is 6.70. The Kier molecular flexibility index (Phi) is 4.67. The monoisotopic (exact) mass is 299 g/mol. The van der Waals surface area contributed by atoms with Gasteiger partial charge in [-0.2, -0.15) is 13.2 Å². The van der Waals surface area contributed by atoms with Crippen molar-refractivity contribution in [2.75, 3.05) is 11.5 Å². The summed E-state index contributed by atoms with van der Waals surface area (Å²) in [5, 5.41) is 0. The quantitative estimate of drug-likeness (QED) is 0.849. The van der Waals surface area contributed by atoms with Gasteiger partial charge in [0.1, 0.15) is 6.23 Å². The third-order valence-corrected chi connectivity index (χ3v) is 3.23. The van der Waals surface area contributed by atoms with Gasteiger partial charge in [0.05, 0.1) is 0 Å². The number of alkyl halides is 3. The maximum atomic E-state index is 12.6. The standard InChI is InChI=1S/C15H16F3NO2/c1-2-21-13-9-8-11(14(20)15(16,17)18)10-19(13)12-6-4-3-5-7-12/h3-7,10,13H,2,8-9H2,1H3. The Hall–Kier alpha value is -1.82. The minimum Gasteiger partial charge on any atom is -0.358 e. The Labute approximate surface area is 121 Å². The number of allylic oxidation sites excluding steroid dienone is 1. The topological polar surface area (TPSA) is 29.5 Å². The van der Waals surface area contributed by atoms with Crippen LogP contribution in [-0.4, -0.2) is 24.8 Å². The van der Waals surface area contributed by atoms with Crippen LogP contribution in [0.1, 0.15) is 19.8 Å². The lowest BCUT2D eigenvalue weighted by Crippen LogP contribution is -2.39. The molecule has 0 aliphatic carbocycles. The van der Waals surface area contributed by atoms with Crippen molar-refractivity contribution in [2.24, 2.45) is 0 Å². The Balaban J connectivity index is 2.33. The number of ether oxygens (including phenoxy) is 1. The van der Waals surface area contributed by atoms with E-state index in [0.29, 0.717) is 18.7 Å². The SMILES string of the molecule is CCOC1CCC(C(=O)C(F)(F)F)=CN1c1ccccc1. The zero-order chi connectivity index (χ0) is 15.5. The Morgan fingerprint density at radius 1 is 1.33 bits per heavy atom. The van der Waals surface area contributed by atoms with E-state index in [1.807, 2.05) is 13.0 Å². The van der Waals surface area contributed by atoms with Crippen LogP contribution in [0.3, 0.4) is 0 Å². The van der Waals surface area contributed by atoms with Crippen LogP contribution in [0.4, 0.5) is 18.9 Å². The molecule has 1 heterocycles. The average molecular weight is 299 g/mol. The number of halogens is 3. The molecule has 0 bridgehead atoms. The van der Waals surface area contributed by atoms with Gasteiger partial charge in [-0.15, -0.1) is 0 Å². The van der Waals surface area contributed by atoms with E-state index in [2.05, 4.69) is 0 Å². The van der Waals surface area contributed by atoms with Gasteiger partial charge in [0.2, 0.25) is 0 Å². The highest BCUT2D eigenvalue weighted by Crippen LogP contribution is 2.31. The van der Waals surface area contributed by atoms with Crippen molar-refractivity contribution in [1.82, 2.24) is 0 Å². The van der Waals surface area contributed by atoms with Gasteiger partial charge in [0.25, 0.3) is 5.78 Å². The largest absolute Gasteiger partial charge is 0.454 e. The van der Waals surface area contributed by atoms with Crippen molar-refractivity contribution < 1.29 is 22.7 Å². The molecule has 1 aromatic rings.